The van der Waals surface area contributed by atoms with Gasteiger partial charge in [0.2, 0.25) is 11.8 Å². The van der Waals surface area contributed by atoms with Crippen molar-refractivity contribution in [2.24, 2.45) is 0 Å². The molecule has 0 saturated carbocycles. The third-order valence-corrected chi connectivity index (χ3v) is 4.29. The lowest BCUT2D eigenvalue weighted by atomic mass is 10.2. The highest BCUT2D eigenvalue weighted by Gasteiger charge is 2.21. The number of ether oxygens (including phenoxy) is 2. The van der Waals surface area contributed by atoms with Gasteiger partial charge >= 0.3 is 0 Å². The summed E-state index contributed by atoms with van der Waals surface area (Å²) >= 11 is 6.12. The van der Waals surface area contributed by atoms with E-state index in [4.69, 9.17) is 21.1 Å². The lowest BCUT2D eigenvalue weighted by Crippen LogP contribution is -2.37. The SMILES string of the molecule is CCOc1ccc(NC(=O)CN(C(C)=O)c2cc(C)c(Cl)cc2OC)cc1. The number of hydrogen-bond acceptors (Lipinski definition) is 4. The molecule has 0 bridgehead atoms. The zero-order chi connectivity index (χ0) is 20.0. The molecule has 1 N–H and O–H groups in total. The molecule has 2 aromatic rings. The van der Waals surface area contributed by atoms with E-state index in [0.717, 1.165) is 11.3 Å². The van der Waals surface area contributed by atoms with E-state index < -0.39 is 0 Å². The third kappa shape index (κ3) is 5.37. The quantitative estimate of drug-likeness (QED) is 0.774. The van der Waals surface area contributed by atoms with Crippen LogP contribution < -0.4 is 19.7 Å². The second kappa shape index (κ2) is 9.28. The van der Waals surface area contributed by atoms with Gasteiger partial charge < -0.3 is 14.8 Å². The van der Waals surface area contributed by atoms with Gasteiger partial charge in [-0.15, -0.1) is 0 Å². The second-order valence-electron chi connectivity index (χ2n) is 5.88. The van der Waals surface area contributed by atoms with Gasteiger partial charge in [0.05, 0.1) is 19.4 Å². The van der Waals surface area contributed by atoms with Crippen LogP contribution in [0.1, 0.15) is 19.4 Å². The van der Waals surface area contributed by atoms with Crippen LogP contribution in [0, 0.1) is 6.92 Å². The van der Waals surface area contributed by atoms with Gasteiger partial charge in [0, 0.05) is 23.7 Å². The molecule has 0 saturated heterocycles. The van der Waals surface area contributed by atoms with Crippen LogP contribution in [0.25, 0.3) is 0 Å². The molecule has 0 heterocycles. The minimum Gasteiger partial charge on any atom is -0.495 e. The number of carbonyl (C=O) groups excluding carboxylic acids is 2. The van der Waals surface area contributed by atoms with Gasteiger partial charge in [0.25, 0.3) is 0 Å². The molecule has 27 heavy (non-hydrogen) atoms. The number of methoxy groups -OCH3 is 1. The van der Waals surface area contributed by atoms with Crippen molar-refractivity contribution in [1.82, 2.24) is 0 Å². The van der Waals surface area contributed by atoms with Crippen molar-refractivity contribution in [1.29, 1.82) is 0 Å². The minimum absolute atomic E-state index is 0.153. The molecule has 7 heteroatoms. The maximum Gasteiger partial charge on any atom is 0.244 e. The van der Waals surface area contributed by atoms with Gasteiger partial charge in [-0.3, -0.25) is 14.5 Å². The molecule has 2 rings (SSSR count). The molecule has 0 aliphatic heterocycles. The first-order valence-electron chi connectivity index (χ1n) is 8.50. The van der Waals surface area contributed by atoms with E-state index in [0.29, 0.717) is 28.8 Å². The summed E-state index contributed by atoms with van der Waals surface area (Å²) in [5.74, 6) is 0.540. The van der Waals surface area contributed by atoms with Crippen LogP contribution in [0.15, 0.2) is 36.4 Å². The molecule has 0 aliphatic carbocycles. The van der Waals surface area contributed by atoms with Gasteiger partial charge in [0.15, 0.2) is 0 Å². The summed E-state index contributed by atoms with van der Waals surface area (Å²) in [5.41, 5.74) is 1.89. The number of halogens is 1. The molecule has 0 radical (unpaired) electrons. The number of amides is 2. The number of hydrogen-bond donors (Lipinski definition) is 1. The largest absolute Gasteiger partial charge is 0.495 e. The van der Waals surface area contributed by atoms with Crippen LogP contribution in [0.4, 0.5) is 11.4 Å². The fourth-order valence-electron chi connectivity index (χ4n) is 2.53. The fourth-order valence-corrected chi connectivity index (χ4v) is 2.69. The monoisotopic (exact) mass is 390 g/mol. The standard InChI is InChI=1S/C20H23ClN2O4/c1-5-27-16-8-6-15(7-9-16)22-20(25)12-23(14(3)24)18-10-13(2)17(21)11-19(18)26-4/h6-11H,5,12H2,1-4H3,(H,22,25). The van der Waals surface area contributed by atoms with Gasteiger partial charge in [-0.25, -0.2) is 0 Å². The molecule has 0 fully saturated rings. The van der Waals surface area contributed by atoms with Crippen molar-refractivity contribution < 1.29 is 19.1 Å². The number of rotatable bonds is 7. The van der Waals surface area contributed by atoms with Crippen molar-refractivity contribution in [3.63, 3.8) is 0 Å². The summed E-state index contributed by atoms with van der Waals surface area (Å²) in [5, 5.41) is 3.30. The molecule has 0 unspecified atom stereocenters. The molecule has 144 valence electrons. The number of carbonyl (C=O) groups is 2. The lowest BCUT2D eigenvalue weighted by Gasteiger charge is -2.23. The molecule has 2 amide bonds. The normalized spacial score (nSPS) is 10.3. The first-order valence-corrected chi connectivity index (χ1v) is 8.88. The highest BCUT2D eigenvalue weighted by atomic mass is 35.5. The van der Waals surface area contributed by atoms with E-state index in [9.17, 15) is 9.59 Å². The highest BCUT2D eigenvalue weighted by molar-refractivity contribution is 6.31. The Morgan fingerprint density at radius 1 is 1.19 bits per heavy atom. The van der Waals surface area contributed by atoms with Gasteiger partial charge in [-0.2, -0.15) is 0 Å². The number of benzene rings is 2. The predicted octanol–water partition coefficient (Wildman–Crippen LogP) is 4.05. The molecule has 6 nitrogen and oxygen atoms in total. The lowest BCUT2D eigenvalue weighted by molar-refractivity contribution is -0.120. The topological polar surface area (TPSA) is 67.9 Å². The second-order valence-corrected chi connectivity index (χ2v) is 6.29. The maximum absolute atomic E-state index is 12.5. The van der Waals surface area contributed by atoms with E-state index >= 15 is 0 Å². The molecule has 0 aliphatic rings. The van der Waals surface area contributed by atoms with Crippen molar-refractivity contribution >= 4 is 34.8 Å². The van der Waals surface area contributed by atoms with E-state index in [1.807, 2.05) is 13.8 Å². The smallest absolute Gasteiger partial charge is 0.244 e. The highest BCUT2D eigenvalue weighted by Crippen LogP contribution is 2.34. The average molecular weight is 391 g/mol. The first-order chi connectivity index (χ1) is 12.8. The maximum atomic E-state index is 12.5. The summed E-state index contributed by atoms with van der Waals surface area (Å²) in [4.78, 5) is 26.0. The number of anilines is 2. The summed E-state index contributed by atoms with van der Waals surface area (Å²) in [7, 11) is 1.49. The predicted molar refractivity (Wildman–Crippen MR) is 107 cm³/mol. The number of aryl methyl sites for hydroxylation is 1. The summed E-state index contributed by atoms with van der Waals surface area (Å²) in [6.07, 6.45) is 0. The Morgan fingerprint density at radius 2 is 1.85 bits per heavy atom. The van der Waals surface area contributed by atoms with Crippen LogP contribution in [0.5, 0.6) is 11.5 Å². The van der Waals surface area contributed by atoms with Gasteiger partial charge in [0.1, 0.15) is 18.0 Å². The Kier molecular flexibility index (Phi) is 7.07. The van der Waals surface area contributed by atoms with E-state index in [-0.39, 0.29) is 18.4 Å². The Balaban J connectivity index is 2.17. The Labute approximate surface area is 164 Å². The van der Waals surface area contributed by atoms with E-state index in [2.05, 4.69) is 5.32 Å². The zero-order valence-corrected chi connectivity index (χ0v) is 16.6. The molecular formula is C20H23ClN2O4. The van der Waals surface area contributed by atoms with Crippen molar-refractivity contribution in [2.45, 2.75) is 20.8 Å². The molecule has 0 spiro atoms. The Bertz CT molecular complexity index is 821. The van der Waals surface area contributed by atoms with Crippen molar-refractivity contribution in [3.05, 3.63) is 47.0 Å². The van der Waals surface area contributed by atoms with Crippen LogP contribution in [0.3, 0.4) is 0 Å². The molecule has 0 aromatic heterocycles. The van der Waals surface area contributed by atoms with Gasteiger partial charge in [-0.05, 0) is 49.7 Å². The zero-order valence-electron chi connectivity index (χ0n) is 15.8. The van der Waals surface area contributed by atoms with E-state index in [1.54, 1.807) is 36.4 Å². The fraction of sp³-hybridized carbons (Fsp3) is 0.300. The Morgan fingerprint density at radius 3 is 2.41 bits per heavy atom. The van der Waals surface area contributed by atoms with E-state index in [1.165, 1.54) is 18.9 Å². The number of nitrogens with zero attached hydrogens (tertiary/aromatic N) is 1. The minimum atomic E-state index is -0.330. The summed E-state index contributed by atoms with van der Waals surface area (Å²) in [6.45, 7) is 5.54. The van der Waals surface area contributed by atoms with Crippen LogP contribution in [-0.2, 0) is 9.59 Å². The molecule has 2 aromatic carbocycles. The summed E-state index contributed by atoms with van der Waals surface area (Å²) in [6, 6.07) is 10.4. The molecule has 0 atom stereocenters. The molecular weight excluding hydrogens is 368 g/mol. The Hall–Kier alpha value is -2.73. The van der Waals surface area contributed by atoms with Crippen LogP contribution >= 0.6 is 11.6 Å². The number of nitrogens with one attached hydrogen (secondary N) is 1. The van der Waals surface area contributed by atoms with Crippen LogP contribution in [-0.4, -0.2) is 32.1 Å². The third-order valence-electron chi connectivity index (χ3n) is 3.88. The first kappa shape index (κ1) is 20.6. The van der Waals surface area contributed by atoms with Crippen molar-refractivity contribution in [2.75, 3.05) is 30.5 Å². The average Bonchev–Trinajstić information content (AvgIpc) is 2.63. The van der Waals surface area contributed by atoms with Crippen LogP contribution in [0.2, 0.25) is 5.02 Å². The van der Waals surface area contributed by atoms with Crippen molar-refractivity contribution in [3.8, 4) is 11.5 Å². The van der Waals surface area contributed by atoms with Gasteiger partial charge in [-0.1, -0.05) is 11.6 Å². The summed E-state index contributed by atoms with van der Waals surface area (Å²) < 4.78 is 10.7.